The molecule has 1 heterocycles. The molecule has 0 aromatic heterocycles. The summed E-state index contributed by atoms with van der Waals surface area (Å²) >= 11 is 0. The highest BCUT2D eigenvalue weighted by molar-refractivity contribution is 5.80. The fourth-order valence-corrected chi connectivity index (χ4v) is 2.83. The predicted molar refractivity (Wildman–Crippen MR) is 91.1 cm³/mol. The SMILES string of the molecule is CC(C)NC(=O)N1CCCC(C(=O)NCCc2ccccc2)C1. The Bertz CT molecular complexity index is 516. The number of hydrogen-bond donors (Lipinski definition) is 2. The Labute approximate surface area is 138 Å². The quantitative estimate of drug-likeness (QED) is 0.874. The molecule has 2 N–H and O–H groups in total. The lowest BCUT2D eigenvalue weighted by Gasteiger charge is -2.32. The van der Waals surface area contributed by atoms with Crippen molar-refractivity contribution in [3.05, 3.63) is 35.9 Å². The predicted octanol–water partition coefficient (Wildman–Crippen LogP) is 2.18. The molecule has 0 spiro atoms. The first-order valence-corrected chi connectivity index (χ1v) is 8.43. The Morgan fingerprint density at radius 3 is 2.70 bits per heavy atom. The van der Waals surface area contributed by atoms with Crippen LogP contribution in [-0.2, 0) is 11.2 Å². The van der Waals surface area contributed by atoms with Gasteiger partial charge in [-0.2, -0.15) is 0 Å². The summed E-state index contributed by atoms with van der Waals surface area (Å²) in [6.45, 7) is 5.75. The number of nitrogens with one attached hydrogen (secondary N) is 2. The van der Waals surface area contributed by atoms with Crippen LogP contribution in [0.4, 0.5) is 4.79 Å². The molecule has 1 aromatic carbocycles. The summed E-state index contributed by atoms with van der Waals surface area (Å²) in [4.78, 5) is 26.1. The van der Waals surface area contributed by atoms with E-state index in [0.717, 1.165) is 25.8 Å². The normalized spacial score (nSPS) is 17.9. The molecule has 5 heteroatoms. The molecule has 2 rings (SSSR count). The zero-order valence-electron chi connectivity index (χ0n) is 14.0. The van der Waals surface area contributed by atoms with Crippen molar-refractivity contribution < 1.29 is 9.59 Å². The third-order valence-electron chi connectivity index (χ3n) is 4.05. The van der Waals surface area contributed by atoms with Crippen LogP contribution in [0.5, 0.6) is 0 Å². The molecule has 1 fully saturated rings. The van der Waals surface area contributed by atoms with Gasteiger partial charge in [-0.05, 0) is 38.7 Å². The lowest BCUT2D eigenvalue weighted by Crippen LogP contribution is -2.50. The number of likely N-dealkylation sites (tertiary alicyclic amines) is 1. The van der Waals surface area contributed by atoms with Gasteiger partial charge in [0.2, 0.25) is 5.91 Å². The van der Waals surface area contributed by atoms with Crippen LogP contribution in [0.3, 0.4) is 0 Å². The number of urea groups is 1. The first kappa shape index (κ1) is 17.3. The zero-order valence-corrected chi connectivity index (χ0v) is 14.0. The minimum atomic E-state index is -0.0996. The van der Waals surface area contributed by atoms with Gasteiger partial charge in [-0.1, -0.05) is 30.3 Å². The molecule has 3 amide bonds. The molecule has 126 valence electrons. The monoisotopic (exact) mass is 317 g/mol. The molecule has 23 heavy (non-hydrogen) atoms. The zero-order chi connectivity index (χ0) is 16.7. The molecule has 1 aliphatic rings. The summed E-state index contributed by atoms with van der Waals surface area (Å²) in [6.07, 6.45) is 2.56. The average molecular weight is 317 g/mol. The van der Waals surface area contributed by atoms with Crippen LogP contribution >= 0.6 is 0 Å². The van der Waals surface area contributed by atoms with Gasteiger partial charge in [0.1, 0.15) is 0 Å². The van der Waals surface area contributed by atoms with E-state index in [9.17, 15) is 9.59 Å². The molecule has 0 radical (unpaired) electrons. The molecule has 1 aliphatic heterocycles. The van der Waals surface area contributed by atoms with Crippen molar-refractivity contribution >= 4 is 11.9 Å². The number of nitrogens with zero attached hydrogens (tertiary/aromatic N) is 1. The van der Waals surface area contributed by atoms with Gasteiger partial charge in [0.25, 0.3) is 0 Å². The van der Waals surface area contributed by atoms with Crippen molar-refractivity contribution in [3.8, 4) is 0 Å². The summed E-state index contributed by atoms with van der Waals surface area (Å²) < 4.78 is 0. The Balaban J connectivity index is 1.76. The number of benzene rings is 1. The van der Waals surface area contributed by atoms with E-state index in [1.807, 2.05) is 32.0 Å². The first-order valence-electron chi connectivity index (χ1n) is 8.43. The number of piperidine rings is 1. The smallest absolute Gasteiger partial charge is 0.317 e. The van der Waals surface area contributed by atoms with E-state index < -0.39 is 0 Å². The first-order chi connectivity index (χ1) is 11.1. The fourth-order valence-electron chi connectivity index (χ4n) is 2.83. The van der Waals surface area contributed by atoms with Crippen LogP contribution in [0.15, 0.2) is 30.3 Å². The van der Waals surface area contributed by atoms with Gasteiger partial charge >= 0.3 is 6.03 Å². The number of hydrogen-bond acceptors (Lipinski definition) is 2. The maximum Gasteiger partial charge on any atom is 0.317 e. The van der Waals surface area contributed by atoms with E-state index in [-0.39, 0.29) is 23.9 Å². The summed E-state index contributed by atoms with van der Waals surface area (Å²) in [5.74, 6) is -0.0413. The topological polar surface area (TPSA) is 61.4 Å². The minimum absolute atomic E-state index is 0.0583. The third kappa shape index (κ3) is 5.58. The summed E-state index contributed by atoms with van der Waals surface area (Å²) in [7, 11) is 0. The van der Waals surface area contributed by atoms with Crippen LogP contribution in [-0.4, -0.2) is 42.5 Å². The number of carbonyl (C=O) groups is 2. The van der Waals surface area contributed by atoms with Gasteiger partial charge in [-0.3, -0.25) is 4.79 Å². The molecule has 1 saturated heterocycles. The average Bonchev–Trinajstić information content (AvgIpc) is 2.55. The van der Waals surface area contributed by atoms with Crippen LogP contribution < -0.4 is 10.6 Å². The molecule has 1 aromatic rings. The van der Waals surface area contributed by atoms with Crippen molar-refractivity contribution in [1.29, 1.82) is 0 Å². The van der Waals surface area contributed by atoms with Crippen molar-refractivity contribution in [2.75, 3.05) is 19.6 Å². The second-order valence-corrected chi connectivity index (χ2v) is 6.42. The van der Waals surface area contributed by atoms with E-state index >= 15 is 0 Å². The maximum atomic E-state index is 12.3. The van der Waals surface area contributed by atoms with Gasteiger partial charge in [-0.25, -0.2) is 4.79 Å². The fraction of sp³-hybridized carbons (Fsp3) is 0.556. The van der Waals surface area contributed by atoms with Gasteiger partial charge in [0.05, 0.1) is 5.92 Å². The minimum Gasteiger partial charge on any atom is -0.355 e. The highest BCUT2D eigenvalue weighted by Crippen LogP contribution is 2.16. The second-order valence-electron chi connectivity index (χ2n) is 6.42. The Morgan fingerprint density at radius 1 is 1.26 bits per heavy atom. The lowest BCUT2D eigenvalue weighted by atomic mass is 9.97. The maximum absolute atomic E-state index is 12.3. The third-order valence-corrected chi connectivity index (χ3v) is 4.05. The van der Waals surface area contributed by atoms with E-state index in [1.54, 1.807) is 4.90 Å². The van der Waals surface area contributed by atoms with Crippen molar-refractivity contribution in [3.63, 3.8) is 0 Å². The Kier molecular flexibility index (Phi) is 6.44. The number of amides is 3. The number of carbonyl (C=O) groups excluding carboxylic acids is 2. The van der Waals surface area contributed by atoms with Gasteiger partial charge in [0.15, 0.2) is 0 Å². The van der Waals surface area contributed by atoms with E-state index in [1.165, 1.54) is 5.56 Å². The van der Waals surface area contributed by atoms with Crippen molar-refractivity contribution in [2.45, 2.75) is 39.2 Å². The molecule has 1 atom stereocenters. The summed E-state index contributed by atoms with van der Waals surface area (Å²) in [5, 5.41) is 5.90. The molecule has 1 unspecified atom stereocenters. The largest absolute Gasteiger partial charge is 0.355 e. The van der Waals surface area contributed by atoms with Crippen LogP contribution in [0.1, 0.15) is 32.3 Å². The molecule has 0 aliphatic carbocycles. The molecular weight excluding hydrogens is 290 g/mol. The molecule has 0 saturated carbocycles. The summed E-state index contributed by atoms with van der Waals surface area (Å²) in [5.41, 5.74) is 1.22. The van der Waals surface area contributed by atoms with E-state index in [0.29, 0.717) is 13.1 Å². The molecule has 5 nitrogen and oxygen atoms in total. The molecular formula is C18H27N3O2. The van der Waals surface area contributed by atoms with Crippen molar-refractivity contribution in [2.24, 2.45) is 5.92 Å². The highest BCUT2D eigenvalue weighted by Gasteiger charge is 2.28. The Hall–Kier alpha value is -2.04. The van der Waals surface area contributed by atoms with E-state index in [2.05, 4.69) is 22.8 Å². The lowest BCUT2D eigenvalue weighted by molar-refractivity contribution is -0.126. The van der Waals surface area contributed by atoms with Crippen LogP contribution in [0.25, 0.3) is 0 Å². The Morgan fingerprint density at radius 2 is 2.00 bits per heavy atom. The van der Waals surface area contributed by atoms with Crippen LogP contribution in [0.2, 0.25) is 0 Å². The standard InChI is InChI=1S/C18H27N3O2/c1-14(2)20-18(23)21-12-6-9-16(13-21)17(22)19-11-10-15-7-4-3-5-8-15/h3-5,7-8,14,16H,6,9-13H2,1-2H3,(H,19,22)(H,20,23). The van der Waals surface area contributed by atoms with Gasteiger partial charge in [0, 0.05) is 25.7 Å². The van der Waals surface area contributed by atoms with Gasteiger partial charge < -0.3 is 15.5 Å². The van der Waals surface area contributed by atoms with Crippen molar-refractivity contribution in [1.82, 2.24) is 15.5 Å². The summed E-state index contributed by atoms with van der Waals surface area (Å²) in [6, 6.07) is 10.2. The second kappa shape index (κ2) is 8.56. The van der Waals surface area contributed by atoms with E-state index in [4.69, 9.17) is 0 Å². The van der Waals surface area contributed by atoms with Crippen LogP contribution in [0, 0.1) is 5.92 Å². The molecule has 0 bridgehead atoms. The van der Waals surface area contributed by atoms with Gasteiger partial charge in [-0.15, -0.1) is 0 Å². The number of rotatable bonds is 5. The highest BCUT2D eigenvalue weighted by atomic mass is 16.2.